The Kier molecular flexibility index (Phi) is 5.52. The lowest BCUT2D eigenvalue weighted by Gasteiger charge is -2.13. The van der Waals surface area contributed by atoms with Gasteiger partial charge in [0.1, 0.15) is 5.69 Å². The highest BCUT2D eigenvalue weighted by atomic mass is 16.5. The number of nitrogens with one attached hydrogen (secondary N) is 2. The normalized spacial score (nSPS) is 11.6. The Labute approximate surface area is 140 Å². The number of hydrogen-bond acceptors (Lipinski definition) is 4. The van der Waals surface area contributed by atoms with Crippen LogP contribution in [-0.2, 0) is 16.1 Å². The Hall–Kier alpha value is -2.89. The molecule has 24 heavy (non-hydrogen) atoms. The van der Waals surface area contributed by atoms with E-state index < -0.39 is 12.1 Å². The van der Waals surface area contributed by atoms with Crippen LogP contribution < -0.4 is 5.32 Å². The van der Waals surface area contributed by atoms with Gasteiger partial charge < -0.3 is 15.0 Å². The number of esters is 1. The molecule has 0 saturated carbocycles. The van der Waals surface area contributed by atoms with Crippen molar-refractivity contribution in [1.29, 1.82) is 0 Å². The Bertz CT molecular complexity index is 747. The molecular weight excluding hydrogens is 308 g/mol. The minimum absolute atomic E-state index is 0.137. The Morgan fingerprint density at radius 3 is 2.46 bits per heavy atom. The molecule has 1 aromatic carbocycles. The molecule has 2 N–H and O–H groups in total. The first-order valence-corrected chi connectivity index (χ1v) is 7.60. The van der Waals surface area contributed by atoms with E-state index in [0.29, 0.717) is 12.1 Å². The van der Waals surface area contributed by atoms with Gasteiger partial charge >= 0.3 is 5.97 Å². The molecule has 2 rings (SSSR count). The molecule has 0 aliphatic rings. The number of rotatable bonds is 6. The van der Waals surface area contributed by atoms with Crippen molar-refractivity contribution in [3.05, 3.63) is 58.9 Å². The maximum absolute atomic E-state index is 12.0. The van der Waals surface area contributed by atoms with E-state index in [4.69, 9.17) is 4.74 Å². The molecule has 6 heteroatoms. The fourth-order valence-electron chi connectivity index (χ4n) is 2.03. The highest BCUT2D eigenvalue weighted by Crippen LogP contribution is 2.08. The van der Waals surface area contributed by atoms with Gasteiger partial charge in [0.15, 0.2) is 11.9 Å². The second-order valence-corrected chi connectivity index (χ2v) is 5.61. The molecule has 126 valence electrons. The number of hydrogen-bond donors (Lipinski definition) is 2. The quantitative estimate of drug-likeness (QED) is 0.629. The molecule has 6 nitrogen and oxygen atoms in total. The molecule has 1 atom stereocenters. The van der Waals surface area contributed by atoms with E-state index in [0.717, 1.165) is 11.1 Å². The molecule has 0 saturated heterocycles. The number of carbonyl (C=O) groups excluding carboxylic acids is 3. The van der Waals surface area contributed by atoms with Gasteiger partial charge in [0, 0.05) is 18.3 Å². The largest absolute Gasteiger partial charge is 0.448 e. The van der Waals surface area contributed by atoms with Crippen LogP contribution in [0.1, 0.15) is 45.8 Å². The minimum Gasteiger partial charge on any atom is -0.448 e. The number of aromatic amines is 1. The Balaban J connectivity index is 1.87. The smallest absolute Gasteiger partial charge is 0.355 e. The summed E-state index contributed by atoms with van der Waals surface area (Å²) in [6.07, 6.45) is 0.494. The standard InChI is InChI=1S/C18H20N2O4/c1-11-4-6-14(7-5-11)9-20-17(22)13(3)24-18(23)16-8-15(10-19-16)12(2)21/h4-8,10,13,19H,9H2,1-3H3,(H,20,22). The van der Waals surface area contributed by atoms with Crippen LogP contribution >= 0.6 is 0 Å². The van der Waals surface area contributed by atoms with Gasteiger partial charge in [-0.15, -0.1) is 0 Å². The van der Waals surface area contributed by atoms with Gasteiger partial charge in [-0.25, -0.2) is 4.79 Å². The summed E-state index contributed by atoms with van der Waals surface area (Å²) in [6, 6.07) is 9.18. The third kappa shape index (κ3) is 4.55. The van der Waals surface area contributed by atoms with E-state index in [2.05, 4.69) is 10.3 Å². The molecule has 1 amide bonds. The van der Waals surface area contributed by atoms with Crippen molar-refractivity contribution >= 4 is 17.7 Å². The molecule has 0 radical (unpaired) electrons. The fourth-order valence-corrected chi connectivity index (χ4v) is 2.03. The van der Waals surface area contributed by atoms with Gasteiger partial charge in [0.25, 0.3) is 5.91 Å². The summed E-state index contributed by atoms with van der Waals surface area (Å²) in [5.74, 6) is -1.23. The Morgan fingerprint density at radius 1 is 1.21 bits per heavy atom. The van der Waals surface area contributed by atoms with Crippen molar-refractivity contribution < 1.29 is 19.1 Å². The molecule has 1 unspecified atom stereocenters. The van der Waals surface area contributed by atoms with Gasteiger partial charge in [-0.2, -0.15) is 0 Å². The number of benzene rings is 1. The number of carbonyl (C=O) groups is 3. The molecule has 1 heterocycles. The summed E-state index contributed by atoms with van der Waals surface area (Å²) in [5.41, 5.74) is 2.63. The average Bonchev–Trinajstić information content (AvgIpc) is 3.04. The SMILES string of the molecule is CC(=O)c1c[nH]c(C(=O)OC(C)C(=O)NCc2ccc(C)cc2)c1. The van der Waals surface area contributed by atoms with Gasteiger partial charge in [-0.1, -0.05) is 29.8 Å². The Morgan fingerprint density at radius 2 is 1.88 bits per heavy atom. The first kappa shape index (κ1) is 17.5. The van der Waals surface area contributed by atoms with Crippen LogP contribution in [0.15, 0.2) is 36.5 Å². The summed E-state index contributed by atoms with van der Waals surface area (Å²) in [6.45, 7) is 5.25. The monoisotopic (exact) mass is 328 g/mol. The van der Waals surface area contributed by atoms with E-state index >= 15 is 0 Å². The van der Waals surface area contributed by atoms with E-state index in [-0.39, 0.29) is 17.4 Å². The van der Waals surface area contributed by atoms with Crippen LogP contribution in [0.4, 0.5) is 0 Å². The third-order valence-electron chi connectivity index (χ3n) is 3.55. The summed E-state index contributed by atoms with van der Waals surface area (Å²) in [4.78, 5) is 37.9. The number of Topliss-reactive ketones (excluding diaryl/α,β-unsaturated/α-hetero) is 1. The van der Waals surface area contributed by atoms with Crippen molar-refractivity contribution in [2.24, 2.45) is 0 Å². The van der Waals surface area contributed by atoms with E-state index in [9.17, 15) is 14.4 Å². The van der Waals surface area contributed by atoms with E-state index in [1.54, 1.807) is 0 Å². The van der Waals surface area contributed by atoms with Gasteiger partial charge in [-0.3, -0.25) is 9.59 Å². The molecular formula is C18H20N2O4. The fraction of sp³-hybridized carbons (Fsp3) is 0.278. The molecule has 0 bridgehead atoms. The topological polar surface area (TPSA) is 88.3 Å². The van der Waals surface area contributed by atoms with Crippen LogP contribution in [0, 0.1) is 6.92 Å². The maximum Gasteiger partial charge on any atom is 0.355 e. The predicted molar refractivity (Wildman–Crippen MR) is 88.7 cm³/mol. The first-order valence-electron chi connectivity index (χ1n) is 7.60. The van der Waals surface area contributed by atoms with Crippen LogP contribution in [-0.4, -0.2) is 28.7 Å². The van der Waals surface area contributed by atoms with Crippen molar-refractivity contribution in [3.63, 3.8) is 0 Å². The zero-order chi connectivity index (χ0) is 17.7. The predicted octanol–water partition coefficient (Wildman–Crippen LogP) is 2.39. The number of H-pyrrole nitrogens is 1. The van der Waals surface area contributed by atoms with Gasteiger partial charge in [0.05, 0.1) is 0 Å². The van der Waals surface area contributed by atoms with Crippen LogP contribution in [0.2, 0.25) is 0 Å². The van der Waals surface area contributed by atoms with Crippen LogP contribution in [0.5, 0.6) is 0 Å². The summed E-state index contributed by atoms with van der Waals surface area (Å²) < 4.78 is 5.11. The second-order valence-electron chi connectivity index (χ2n) is 5.61. The first-order chi connectivity index (χ1) is 11.4. The third-order valence-corrected chi connectivity index (χ3v) is 3.55. The maximum atomic E-state index is 12.0. The number of aryl methyl sites for hydroxylation is 1. The van der Waals surface area contributed by atoms with Crippen molar-refractivity contribution in [2.45, 2.75) is 33.4 Å². The summed E-state index contributed by atoms with van der Waals surface area (Å²) >= 11 is 0. The molecule has 0 aliphatic carbocycles. The molecule has 2 aromatic rings. The van der Waals surface area contributed by atoms with Gasteiger partial charge in [0.2, 0.25) is 0 Å². The van der Waals surface area contributed by atoms with Crippen molar-refractivity contribution in [3.8, 4) is 0 Å². The highest BCUT2D eigenvalue weighted by Gasteiger charge is 2.20. The number of amides is 1. The lowest BCUT2D eigenvalue weighted by atomic mass is 10.1. The number of ether oxygens (including phenoxy) is 1. The van der Waals surface area contributed by atoms with Crippen LogP contribution in [0.25, 0.3) is 0 Å². The van der Waals surface area contributed by atoms with E-state index in [1.807, 2.05) is 31.2 Å². The summed E-state index contributed by atoms with van der Waals surface area (Å²) in [5, 5.41) is 2.72. The summed E-state index contributed by atoms with van der Waals surface area (Å²) in [7, 11) is 0. The molecule has 0 fully saturated rings. The minimum atomic E-state index is -0.938. The zero-order valence-electron chi connectivity index (χ0n) is 13.9. The number of ketones is 1. The lowest BCUT2D eigenvalue weighted by molar-refractivity contribution is -0.129. The van der Waals surface area contributed by atoms with Crippen molar-refractivity contribution in [2.75, 3.05) is 0 Å². The van der Waals surface area contributed by atoms with E-state index in [1.165, 1.54) is 26.1 Å². The second kappa shape index (κ2) is 7.59. The number of aromatic nitrogens is 1. The van der Waals surface area contributed by atoms with Gasteiger partial charge in [-0.05, 0) is 32.4 Å². The molecule has 0 aliphatic heterocycles. The lowest BCUT2D eigenvalue weighted by Crippen LogP contribution is -2.35. The highest BCUT2D eigenvalue weighted by molar-refractivity contribution is 5.98. The average molecular weight is 328 g/mol. The molecule has 0 spiro atoms. The van der Waals surface area contributed by atoms with Crippen LogP contribution in [0.3, 0.4) is 0 Å². The molecule has 1 aromatic heterocycles. The zero-order valence-corrected chi connectivity index (χ0v) is 13.9. The van der Waals surface area contributed by atoms with Crippen molar-refractivity contribution in [1.82, 2.24) is 10.3 Å².